The molecule has 1 heterocycles. The van der Waals surface area contributed by atoms with Gasteiger partial charge in [-0.15, -0.1) is 0 Å². The van der Waals surface area contributed by atoms with E-state index >= 15 is 0 Å². The molecule has 1 aliphatic carbocycles. The summed E-state index contributed by atoms with van der Waals surface area (Å²) in [4.78, 5) is 26.8. The number of aryl methyl sites for hydroxylation is 1. The minimum absolute atomic E-state index is 0.0172. The number of likely N-dealkylation sites (tertiary alicyclic amines) is 1. The second-order valence-electron chi connectivity index (χ2n) is 7.99. The van der Waals surface area contributed by atoms with Crippen LogP contribution in [0.2, 0.25) is 0 Å². The predicted molar refractivity (Wildman–Crippen MR) is 105 cm³/mol. The molecule has 0 spiro atoms. The number of aromatic hydroxyl groups is 1. The van der Waals surface area contributed by atoms with E-state index in [0.29, 0.717) is 18.9 Å². The summed E-state index contributed by atoms with van der Waals surface area (Å²) in [6.07, 6.45) is 10.1. The Morgan fingerprint density at radius 1 is 1.07 bits per heavy atom. The zero-order valence-electron chi connectivity index (χ0n) is 16.2. The Balaban J connectivity index is 1.46. The highest BCUT2D eigenvalue weighted by Gasteiger charge is 2.27. The summed E-state index contributed by atoms with van der Waals surface area (Å²) in [5.74, 6) is 0.415. The van der Waals surface area contributed by atoms with Crippen molar-refractivity contribution in [1.29, 1.82) is 0 Å². The van der Waals surface area contributed by atoms with E-state index in [1.165, 1.54) is 12.8 Å². The quantitative estimate of drug-likeness (QED) is 0.769. The molecular weight excluding hydrogens is 340 g/mol. The molecule has 1 aliphatic heterocycles. The standard InChI is InChI=1S/C22H32N2O3/c25-20-10-5-6-17(16-20)11-12-19-9-3-4-15-24(19)22(27)14-13-21(26)23-18-7-1-2-8-18/h5-6,10,16,18-19,25H,1-4,7-9,11-15H2,(H,23,26)/t19-/m0/s1. The minimum Gasteiger partial charge on any atom is -0.508 e. The van der Waals surface area contributed by atoms with Gasteiger partial charge in [0.05, 0.1) is 0 Å². The molecule has 5 nitrogen and oxygen atoms in total. The van der Waals surface area contributed by atoms with E-state index in [9.17, 15) is 14.7 Å². The summed E-state index contributed by atoms with van der Waals surface area (Å²) in [7, 11) is 0. The van der Waals surface area contributed by atoms with Crippen LogP contribution in [-0.4, -0.2) is 40.4 Å². The highest BCUT2D eigenvalue weighted by Crippen LogP contribution is 2.23. The molecule has 1 aromatic rings. The van der Waals surface area contributed by atoms with Crippen LogP contribution in [0.1, 0.15) is 69.8 Å². The van der Waals surface area contributed by atoms with E-state index in [4.69, 9.17) is 0 Å². The van der Waals surface area contributed by atoms with Crippen molar-refractivity contribution in [2.24, 2.45) is 0 Å². The van der Waals surface area contributed by atoms with E-state index in [2.05, 4.69) is 5.32 Å². The zero-order valence-corrected chi connectivity index (χ0v) is 16.2. The number of piperidine rings is 1. The number of carbonyl (C=O) groups is 2. The van der Waals surface area contributed by atoms with Crippen LogP contribution in [0.3, 0.4) is 0 Å². The molecule has 0 unspecified atom stereocenters. The minimum atomic E-state index is 0.0172. The first-order valence-electron chi connectivity index (χ1n) is 10.5. The summed E-state index contributed by atoms with van der Waals surface area (Å²) < 4.78 is 0. The molecule has 0 aromatic heterocycles. The van der Waals surface area contributed by atoms with Crippen molar-refractivity contribution in [1.82, 2.24) is 10.2 Å². The van der Waals surface area contributed by atoms with Gasteiger partial charge in [0.2, 0.25) is 11.8 Å². The fourth-order valence-corrected chi connectivity index (χ4v) is 4.41. The number of phenols is 1. The summed E-state index contributed by atoms with van der Waals surface area (Å²) in [6, 6.07) is 7.90. The third-order valence-electron chi connectivity index (χ3n) is 5.91. The molecular formula is C22H32N2O3. The van der Waals surface area contributed by atoms with Crippen molar-refractivity contribution >= 4 is 11.8 Å². The number of phenolic OH excluding ortho intramolecular Hbond substituents is 1. The average Bonchev–Trinajstić information content (AvgIpc) is 3.18. The number of carbonyl (C=O) groups excluding carboxylic acids is 2. The second kappa shape index (κ2) is 9.77. The highest BCUT2D eigenvalue weighted by atomic mass is 16.3. The van der Waals surface area contributed by atoms with Crippen molar-refractivity contribution in [2.75, 3.05) is 6.54 Å². The smallest absolute Gasteiger partial charge is 0.223 e. The molecule has 148 valence electrons. The lowest BCUT2D eigenvalue weighted by atomic mass is 9.95. The van der Waals surface area contributed by atoms with Crippen molar-refractivity contribution < 1.29 is 14.7 Å². The molecule has 0 bridgehead atoms. The van der Waals surface area contributed by atoms with Crippen molar-refractivity contribution in [3.63, 3.8) is 0 Å². The third kappa shape index (κ3) is 5.98. The fraction of sp³-hybridized carbons (Fsp3) is 0.636. The van der Waals surface area contributed by atoms with E-state index in [-0.39, 0.29) is 23.6 Å². The summed E-state index contributed by atoms with van der Waals surface area (Å²) >= 11 is 0. The lowest BCUT2D eigenvalue weighted by Gasteiger charge is -2.36. The van der Waals surface area contributed by atoms with Gasteiger partial charge in [-0.2, -0.15) is 0 Å². The van der Waals surface area contributed by atoms with Gasteiger partial charge in [0.15, 0.2) is 0 Å². The first kappa shape index (κ1) is 19.7. The number of benzene rings is 1. The largest absolute Gasteiger partial charge is 0.508 e. The Morgan fingerprint density at radius 3 is 2.63 bits per heavy atom. The number of nitrogens with one attached hydrogen (secondary N) is 1. The molecule has 2 aliphatic rings. The average molecular weight is 373 g/mol. The molecule has 2 fully saturated rings. The van der Waals surface area contributed by atoms with Gasteiger partial charge in [0, 0.05) is 31.5 Å². The van der Waals surface area contributed by atoms with E-state index in [0.717, 1.165) is 57.1 Å². The topological polar surface area (TPSA) is 69.6 Å². The fourth-order valence-electron chi connectivity index (χ4n) is 4.41. The van der Waals surface area contributed by atoms with Gasteiger partial charge in [-0.05, 0) is 62.6 Å². The van der Waals surface area contributed by atoms with Crippen molar-refractivity contribution in [2.45, 2.75) is 82.7 Å². The van der Waals surface area contributed by atoms with Gasteiger partial charge in [-0.1, -0.05) is 25.0 Å². The van der Waals surface area contributed by atoms with Crippen LogP contribution in [0.4, 0.5) is 0 Å². The van der Waals surface area contributed by atoms with Crippen molar-refractivity contribution in [3.8, 4) is 5.75 Å². The molecule has 1 saturated heterocycles. The van der Waals surface area contributed by atoms with Gasteiger partial charge in [0.1, 0.15) is 5.75 Å². The normalized spacial score (nSPS) is 20.6. The number of nitrogens with zero attached hydrogens (tertiary/aromatic N) is 1. The molecule has 0 radical (unpaired) electrons. The molecule has 2 amide bonds. The number of hydrogen-bond acceptors (Lipinski definition) is 3. The Hall–Kier alpha value is -2.04. The monoisotopic (exact) mass is 372 g/mol. The first-order chi connectivity index (χ1) is 13.1. The first-order valence-corrected chi connectivity index (χ1v) is 10.5. The van der Waals surface area contributed by atoms with Gasteiger partial charge >= 0.3 is 0 Å². The van der Waals surface area contributed by atoms with Crippen LogP contribution in [0.15, 0.2) is 24.3 Å². The summed E-state index contributed by atoms with van der Waals surface area (Å²) in [6.45, 7) is 0.799. The van der Waals surface area contributed by atoms with Crippen LogP contribution in [0.25, 0.3) is 0 Å². The molecule has 2 N–H and O–H groups in total. The van der Waals surface area contributed by atoms with Crippen LogP contribution < -0.4 is 5.32 Å². The number of hydrogen-bond donors (Lipinski definition) is 2. The summed E-state index contributed by atoms with van der Waals surface area (Å²) in [5, 5.41) is 12.7. The van der Waals surface area contributed by atoms with Crippen LogP contribution >= 0.6 is 0 Å². The van der Waals surface area contributed by atoms with Gasteiger partial charge in [-0.3, -0.25) is 9.59 Å². The van der Waals surface area contributed by atoms with E-state index in [1.54, 1.807) is 12.1 Å². The Kier molecular flexibility index (Phi) is 7.13. The number of rotatable bonds is 7. The maximum absolute atomic E-state index is 12.7. The van der Waals surface area contributed by atoms with Gasteiger partial charge in [0.25, 0.3) is 0 Å². The molecule has 27 heavy (non-hydrogen) atoms. The lowest BCUT2D eigenvalue weighted by molar-refractivity contribution is -0.137. The Morgan fingerprint density at radius 2 is 1.85 bits per heavy atom. The van der Waals surface area contributed by atoms with E-state index < -0.39 is 0 Å². The Bertz CT molecular complexity index is 640. The van der Waals surface area contributed by atoms with Gasteiger partial charge < -0.3 is 15.3 Å². The second-order valence-corrected chi connectivity index (χ2v) is 7.99. The maximum Gasteiger partial charge on any atom is 0.223 e. The van der Waals surface area contributed by atoms with Crippen LogP contribution in [0, 0.1) is 0 Å². The number of amides is 2. The maximum atomic E-state index is 12.7. The van der Waals surface area contributed by atoms with Crippen LogP contribution in [0.5, 0.6) is 5.75 Å². The molecule has 1 saturated carbocycles. The molecule has 3 rings (SSSR count). The predicted octanol–water partition coefficient (Wildman–Crippen LogP) is 3.54. The molecule has 1 atom stereocenters. The van der Waals surface area contributed by atoms with E-state index in [1.807, 2.05) is 17.0 Å². The third-order valence-corrected chi connectivity index (χ3v) is 5.91. The Labute approximate surface area is 162 Å². The van der Waals surface area contributed by atoms with Gasteiger partial charge in [-0.25, -0.2) is 0 Å². The van der Waals surface area contributed by atoms with Crippen molar-refractivity contribution in [3.05, 3.63) is 29.8 Å². The molecule has 5 heteroatoms. The SMILES string of the molecule is O=C(CCC(=O)N1CCCC[C@H]1CCc1cccc(O)c1)NC1CCCC1. The summed E-state index contributed by atoms with van der Waals surface area (Å²) in [5.41, 5.74) is 1.10. The highest BCUT2D eigenvalue weighted by molar-refractivity contribution is 5.84. The zero-order chi connectivity index (χ0) is 19.1. The molecule has 1 aromatic carbocycles. The lowest BCUT2D eigenvalue weighted by Crippen LogP contribution is -2.44. The van der Waals surface area contributed by atoms with Crippen LogP contribution in [-0.2, 0) is 16.0 Å².